The molecule has 3 rings (SSSR count). The summed E-state index contributed by atoms with van der Waals surface area (Å²) in [7, 11) is 0. The Hall–Kier alpha value is -1.75. The highest BCUT2D eigenvalue weighted by Crippen LogP contribution is 2.41. The fourth-order valence-electron chi connectivity index (χ4n) is 3.78. The van der Waals surface area contributed by atoms with Crippen LogP contribution in [-0.2, 0) is 0 Å². The molecule has 0 saturated carbocycles. The molecule has 0 aliphatic carbocycles. The third-order valence-corrected chi connectivity index (χ3v) is 4.59. The van der Waals surface area contributed by atoms with E-state index in [1.807, 2.05) is 25.1 Å². The van der Waals surface area contributed by atoms with Crippen LogP contribution in [0.1, 0.15) is 36.8 Å². The molecule has 2 bridgehead atoms. The number of nitrogens with two attached hydrogens (primary N) is 1. The first-order valence-corrected chi connectivity index (χ1v) is 7.15. The number of benzene rings is 1. The minimum atomic E-state index is -0.194. The predicted molar refractivity (Wildman–Crippen MR) is 78.2 cm³/mol. The molecule has 0 amide bonds. The van der Waals surface area contributed by atoms with Crippen molar-refractivity contribution < 1.29 is 10.3 Å². The number of aliphatic hydroxyl groups excluding tert-OH is 1. The summed E-state index contributed by atoms with van der Waals surface area (Å²) in [5.41, 5.74) is 8.80. The molecule has 2 aliphatic heterocycles. The lowest BCUT2D eigenvalue weighted by atomic mass is 9.96. The van der Waals surface area contributed by atoms with Gasteiger partial charge in [0, 0.05) is 17.6 Å². The molecule has 4 N–H and O–H groups in total. The number of rotatable bonds is 2. The standard InChI is InChI=1S/C15H21N3O2/c1-9-3-2-4-13(15(16)17-20)14(9)18-10-5-6-11(18)8-12(19)7-10/h2-4,10-12,19-20H,5-8H2,1H3,(H2,16,17). The summed E-state index contributed by atoms with van der Waals surface area (Å²) >= 11 is 0. The van der Waals surface area contributed by atoms with Gasteiger partial charge in [0.1, 0.15) is 0 Å². The van der Waals surface area contributed by atoms with Crippen molar-refractivity contribution >= 4 is 11.5 Å². The van der Waals surface area contributed by atoms with Crippen molar-refractivity contribution in [2.75, 3.05) is 4.90 Å². The van der Waals surface area contributed by atoms with Crippen LogP contribution < -0.4 is 10.6 Å². The third kappa shape index (κ3) is 2.02. The number of para-hydroxylation sites is 1. The maximum atomic E-state index is 9.93. The molecule has 108 valence electrons. The van der Waals surface area contributed by atoms with Crippen LogP contribution in [0.3, 0.4) is 0 Å². The van der Waals surface area contributed by atoms with Crippen LogP contribution in [-0.4, -0.2) is 34.3 Å². The molecule has 2 aliphatic rings. The number of aryl methyl sites for hydroxylation is 1. The van der Waals surface area contributed by atoms with Gasteiger partial charge in [-0.05, 0) is 44.2 Å². The Bertz CT molecular complexity index is 530. The molecule has 20 heavy (non-hydrogen) atoms. The number of hydrogen-bond donors (Lipinski definition) is 3. The van der Waals surface area contributed by atoms with Gasteiger partial charge in [0.05, 0.1) is 11.8 Å². The smallest absolute Gasteiger partial charge is 0.172 e. The van der Waals surface area contributed by atoms with Crippen molar-refractivity contribution in [2.45, 2.75) is 50.8 Å². The zero-order valence-corrected chi connectivity index (χ0v) is 11.7. The van der Waals surface area contributed by atoms with E-state index in [0.29, 0.717) is 12.1 Å². The lowest BCUT2D eigenvalue weighted by Gasteiger charge is -2.40. The Morgan fingerprint density at radius 2 is 1.95 bits per heavy atom. The molecule has 2 saturated heterocycles. The predicted octanol–water partition coefficient (Wildman–Crippen LogP) is 1.58. The minimum absolute atomic E-state index is 0.147. The fraction of sp³-hybridized carbons (Fsp3) is 0.533. The topological polar surface area (TPSA) is 82.1 Å². The summed E-state index contributed by atoms with van der Waals surface area (Å²) < 4.78 is 0. The van der Waals surface area contributed by atoms with E-state index in [-0.39, 0.29) is 11.9 Å². The molecule has 5 heteroatoms. The second kappa shape index (κ2) is 4.98. The second-order valence-corrected chi connectivity index (χ2v) is 5.87. The maximum absolute atomic E-state index is 9.93. The van der Waals surface area contributed by atoms with Crippen molar-refractivity contribution in [1.82, 2.24) is 0 Å². The van der Waals surface area contributed by atoms with Gasteiger partial charge in [-0.15, -0.1) is 0 Å². The molecule has 5 nitrogen and oxygen atoms in total. The van der Waals surface area contributed by atoms with E-state index in [1.165, 1.54) is 0 Å². The zero-order valence-electron chi connectivity index (χ0n) is 11.7. The van der Waals surface area contributed by atoms with Crippen molar-refractivity contribution in [3.05, 3.63) is 29.3 Å². The minimum Gasteiger partial charge on any atom is -0.409 e. The summed E-state index contributed by atoms with van der Waals surface area (Å²) in [6.07, 6.45) is 3.62. The van der Waals surface area contributed by atoms with Gasteiger partial charge in [0.25, 0.3) is 0 Å². The number of hydrogen-bond acceptors (Lipinski definition) is 4. The Morgan fingerprint density at radius 1 is 1.30 bits per heavy atom. The van der Waals surface area contributed by atoms with Gasteiger partial charge in [-0.2, -0.15) is 0 Å². The number of fused-ring (bicyclic) bond motifs is 2. The van der Waals surface area contributed by atoms with E-state index in [9.17, 15) is 5.11 Å². The van der Waals surface area contributed by atoms with Gasteiger partial charge in [0.15, 0.2) is 5.84 Å². The number of anilines is 1. The van der Waals surface area contributed by atoms with Crippen LogP contribution in [0.2, 0.25) is 0 Å². The largest absolute Gasteiger partial charge is 0.409 e. The van der Waals surface area contributed by atoms with Crippen LogP contribution in [0.5, 0.6) is 0 Å². The molecule has 0 aromatic heterocycles. The Morgan fingerprint density at radius 3 is 2.55 bits per heavy atom. The van der Waals surface area contributed by atoms with E-state index >= 15 is 0 Å². The van der Waals surface area contributed by atoms with Crippen LogP contribution >= 0.6 is 0 Å². The van der Waals surface area contributed by atoms with E-state index in [4.69, 9.17) is 10.9 Å². The highest BCUT2D eigenvalue weighted by molar-refractivity contribution is 6.03. The first-order valence-electron chi connectivity index (χ1n) is 7.15. The first-order chi connectivity index (χ1) is 9.61. The van der Waals surface area contributed by atoms with Crippen molar-refractivity contribution in [2.24, 2.45) is 10.9 Å². The van der Waals surface area contributed by atoms with Crippen LogP contribution in [0.4, 0.5) is 5.69 Å². The Labute approximate surface area is 118 Å². The van der Waals surface area contributed by atoms with E-state index in [1.54, 1.807) is 0 Å². The Kier molecular flexibility index (Phi) is 3.30. The van der Waals surface area contributed by atoms with Crippen LogP contribution in [0.15, 0.2) is 23.4 Å². The van der Waals surface area contributed by atoms with E-state index in [2.05, 4.69) is 10.1 Å². The summed E-state index contributed by atoms with van der Waals surface area (Å²) in [5.74, 6) is 0.147. The molecule has 1 aromatic carbocycles. The lowest BCUT2D eigenvalue weighted by molar-refractivity contribution is 0.126. The third-order valence-electron chi connectivity index (χ3n) is 4.59. The lowest BCUT2D eigenvalue weighted by Crippen LogP contribution is -2.46. The SMILES string of the molecule is Cc1cccc(/C(N)=N/O)c1N1C2CCC1CC(O)C2. The Balaban J connectivity index is 2.07. The number of nitrogens with zero attached hydrogens (tertiary/aromatic N) is 2. The van der Waals surface area contributed by atoms with Gasteiger partial charge < -0.3 is 20.9 Å². The molecular weight excluding hydrogens is 254 g/mol. The van der Waals surface area contributed by atoms with Crippen molar-refractivity contribution in [1.29, 1.82) is 0 Å². The number of oxime groups is 1. The second-order valence-electron chi connectivity index (χ2n) is 5.87. The summed E-state index contributed by atoms with van der Waals surface area (Å²) in [6.45, 7) is 2.05. The van der Waals surface area contributed by atoms with Gasteiger partial charge in [-0.25, -0.2) is 0 Å². The molecule has 2 fully saturated rings. The molecular formula is C15H21N3O2. The summed E-state index contributed by atoms with van der Waals surface area (Å²) in [4.78, 5) is 2.38. The normalized spacial score (nSPS) is 29.8. The van der Waals surface area contributed by atoms with Crippen molar-refractivity contribution in [3.8, 4) is 0 Å². The molecule has 0 radical (unpaired) electrons. The van der Waals surface area contributed by atoms with Gasteiger partial charge in [0.2, 0.25) is 0 Å². The molecule has 2 atom stereocenters. The summed E-state index contributed by atoms with van der Waals surface area (Å²) in [5, 5.41) is 22.1. The van der Waals surface area contributed by atoms with Crippen LogP contribution in [0.25, 0.3) is 0 Å². The number of piperidine rings is 1. The van der Waals surface area contributed by atoms with Gasteiger partial charge in [-0.3, -0.25) is 0 Å². The fourth-order valence-corrected chi connectivity index (χ4v) is 3.78. The molecule has 2 unspecified atom stereocenters. The van der Waals surface area contributed by atoms with E-state index in [0.717, 1.165) is 42.5 Å². The average Bonchev–Trinajstić information content (AvgIpc) is 2.69. The monoisotopic (exact) mass is 275 g/mol. The highest BCUT2D eigenvalue weighted by Gasteiger charge is 2.41. The zero-order chi connectivity index (χ0) is 14.3. The highest BCUT2D eigenvalue weighted by atomic mass is 16.4. The average molecular weight is 275 g/mol. The molecule has 1 aromatic rings. The quantitative estimate of drug-likeness (QED) is 0.331. The number of amidine groups is 1. The molecule has 0 spiro atoms. The summed E-state index contributed by atoms with van der Waals surface area (Å²) in [6, 6.07) is 6.58. The molecule has 2 heterocycles. The van der Waals surface area contributed by atoms with Crippen LogP contribution in [0, 0.1) is 6.92 Å². The van der Waals surface area contributed by atoms with Gasteiger partial charge >= 0.3 is 0 Å². The first kappa shape index (κ1) is 13.2. The van der Waals surface area contributed by atoms with Gasteiger partial charge in [-0.1, -0.05) is 17.3 Å². The number of aliphatic hydroxyl groups is 1. The van der Waals surface area contributed by atoms with Crippen molar-refractivity contribution in [3.63, 3.8) is 0 Å². The van der Waals surface area contributed by atoms with E-state index < -0.39 is 0 Å². The maximum Gasteiger partial charge on any atom is 0.172 e.